The van der Waals surface area contributed by atoms with E-state index in [9.17, 15) is 8.78 Å². The molecule has 0 aliphatic carbocycles. The van der Waals surface area contributed by atoms with Crippen molar-refractivity contribution in [1.82, 2.24) is 0 Å². The van der Waals surface area contributed by atoms with Gasteiger partial charge in [-0.2, -0.15) is 0 Å². The fourth-order valence-corrected chi connectivity index (χ4v) is 2.95. The van der Waals surface area contributed by atoms with E-state index in [1.54, 1.807) is 19.2 Å². The molecule has 0 aliphatic rings. The molecule has 0 atom stereocenters. The summed E-state index contributed by atoms with van der Waals surface area (Å²) < 4.78 is 28.8. The van der Waals surface area contributed by atoms with Crippen molar-refractivity contribution in [3.8, 4) is 0 Å². The first-order chi connectivity index (χ1) is 11.8. The minimum atomic E-state index is -0.354. The van der Waals surface area contributed by atoms with Crippen LogP contribution in [0.3, 0.4) is 0 Å². The topological polar surface area (TPSA) is 12.4 Å². The molecular weight excluding hydrogens is 336 g/mol. The van der Waals surface area contributed by atoms with Crippen LogP contribution in [-0.2, 0) is 6.42 Å². The lowest BCUT2D eigenvalue weighted by Gasteiger charge is -2.13. The molecule has 0 heterocycles. The Balaban J connectivity index is 2.42. The highest BCUT2D eigenvalue weighted by molar-refractivity contribution is 7.80. The van der Waals surface area contributed by atoms with Crippen LogP contribution in [0.25, 0.3) is 0 Å². The van der Waals surface area contributed by atoms with Gasteiger partial charge in [-0.25, -0.2) is 8.78 Å². The number of aliphatic imine (C=N–C) groups is 1. The summed E-state index contributed by atoms with van der Waals surface area (Å²) in [5.74, 6) is -0.677. The Morgan fingerprint density at radius 1 is 1.04 bits per heavy atom. The second-order valence-electron chi connectivity index (χ2n) is 6.38. The van der Waals surface area contributed by atoms with E-state index in [2.05, 4.69) is 17.6 Å². The predicted octanol–water partition coefficient (Wildman–Crippen LogP) is 5.93. The number of thiol groups is 1. The molecule has 0 aromatic heterocycles. The number of rotatable bonds is 4. The Morgan fingerprint density at radius 3 is 2.28 bits per heavy atom. The zero-order valence-electron chi connectivity index (χ0n) is 15.2. The van der Waals surface area contributed by atoms with Gasteiger partial charge in [-0.3, -0.25) is 4.99 Å². The normalized spacial score (nSPS) is 11.6. The van der Waals surface area contributed by atoms with E-state index in [1.807, 2.05) is 33.8 Å². The van der Waals surface area contributed by atoms with Crippen LogP contribution in [0.15, 0.2) is 51.4 Å². The molecule has 2 aromatic rings. The van der Waals surface area contributed by atoms with E-state index in [0.717, 1.165) is 16.7 Å². The minimum Gasteiger partial charge on any atom is -0.288 e. The van der Waals surface area contributed by atoms with Crippen molar-refractivity contribution < 1.29 is 8.78 Å². The summed E-state index contributed by atoms with van der Waals surface area (Å²) in [4.78, 5) is 4.85. The van der Waals surface area contributed by atoms with Crippen molar-refractivity contribution in [3.63, 3.8) is 0 Å². The van der Waals surface area contributed by atoms with Gasteiger partial charge in [-0.1, -0.05) is 17.7 Å². The summed E-state index contributed by atoms with van der Waals surface area (Å²) in [6.45, 7) is 7.75. The standard InChI is InChI=1S/C21H23F2NS/c1-12(2)14(4)20(24-5)16-8-7-15(11-19(16)23)10-17-18(22)9-6-13(3)21(17)25/h6-9,11,25H,10H2,1-5H3/b24-20+. The van der Waals surface area contributed by atoms with Crippen LogP contribution in [-0.4, -0.2) is 12.8 Å². The SMILES string of the molecule is C/N=C(\C(C)=C(C)C)c1ccc(Cc2c(F)ccc(C)c2S)cc1F. The molecule has 2 rings (SSSR count). The highest BCUT2D eigenvalue weighted by atomic mass is 32.1. The smallest absolute Gasteiger partial charge is 0.132 e. The van der Waals surface area contributed by atoms with Crippen LogP contribution in [0.1, 0.15) is 43.0 Å². The fourth-order valence-electron chi connectivity index (χ4n) is 2.69. The molecule has 0 saturated carbocycles. The Kier molecular flexibility index (Phi) is 6.17. The number of hydrogen-bond acceptors (Lipinski definition) is 2. The summed E-state index contributed by atoms with van der Waals surface area (Å²) in [5.41, 5.74) is 5.23. The van der Waals surface area contributed by atoms with Crippen LogP contribution in [0, 0.1) is 18.6 Å². The van der Waals surface area contributed by atoms with Gasteiger partial charge in [-0.15, -0.1) is 12.6 Å². The molecule has 0 aliphatic heterocycles. The van der Waals surface area contributed by atoms with Gasteiger partial charge in [0, 0.05) is 29.5 Å². The summed E-state index contributed by atoms with van der Waals surface area (Å²) >= 11 is 4.40. The summed E-state index contributed by atoms with van der Waals surface area (Å²) in [6.07, 6.45) is 0.295. The van der Waals surface area contributed by atoms with E-state index < -0.39 is 0 Å². The Hall–Kier alpha value is -1.94. The Morgan fingerprint density at radius 2 is 1.72 bits per heavy atom. The van der Waals surface area contributed by atoms with E-state index in [4.69, 9.17) is 0 Å². The first-order valence-electron chi connectivity index (χ1n) is 8.13. The average Bonchev–Trinajstić information content (AvgIpc) is 2.57. The molecule has 4 heteroatoms. The Labute approximate surface area is 153 Å². The molecule has 0 bridgehead atoms. The number of aryl methyl sites for hydroxylation is 1. The summed E-state index contributed by atoms with van der Waals surface area (Å²) in [5, 5.41) is 0. The van der Waals surface area contributed by atoms with Gasteiger partial charge in [0.1, 0.15) is 11.6 Å². The number of allylic oxidation sites excluding steroid dienone is 2. The third-order valence-corrected chi connectivity index (χ3v) is 5.05. The molecule has 0 unspecified atom stereocenters. The first-order valence-corrected chi connectivity index (χ1v) is 8.58. The van der Waals surface area contributed by atoms with Gasteiger partial charge in [0.05, 0.1) is 5.71 Å². The van der Waals surface area contributed by atoms with Crippen molar-refractivity contribution in [2.75, 3.05) is 7.05 Å². The predicted molar refractivity (Wildman–Crippen MR) is 104 cm³/mol. The summed E-state index contributed by atoms with van der Waals surface area (Å²) in [7, 11) is 1.66. The number of nitrogens with zero attached hydrogens (tertiary/aromatic N) is 1. The lowest BCUT2D eigenvalue weighted by molar-refractivity contribution is 0.605. The zero-order valence-corrected chi connectivity index (χ0v) is 16.1. The highest BCUT2D eigenvalue weighted by Crippen LogP contribution is 2.26. The molecule has 1 nitrogen and oxygen atoms in total. The molecule has 25 heavy (non-hydrogen) atoms. The zero-order chi connectivity index (χ0) is 18.7. The van der Waals surface area contributed by atoms with Gasteiger partial charge in [0.15, 0.2) is 0 Å². The van der Waals surface area contributed by atoms with E-state index in [1.165, 1.54) is 12.1 Å². The summed E-state index contributed by atoms with van der Waals surface area (Å²) in [6, 6.07) is 8.10. The largest absolute Gasteiger partial charge is 0.288 e. The van der Waals surface area contributed by atoms with E-state index >= 15 is 0 Å². The van der Waals surface area contributed by atoms with Gasteiger partial charge in [0.2, 0.25) is 0 Å². The average molecular weight is 359 g/mol. The lowest BCUT2D eigenvalue weighted by atomic mass is 9.96. The number of benzene rings is 2. The highest BCUT2D eigenvalue weighted by Gasteiger charge is 2.15. The number of halogens is 2. The van der Waals surface area contributed by atoms with Gasteiger partial charge in [-0.05, 0) is 62.6 Å². The maximum atomic E-state index is 14.7. The first kappa shape index (κ1) is 19.4. The quantitative estimate of drug-likeness (QED) is 0.513. The van der Waals surface area contributed by atoms with Gasteiger partial charge in [0.25, 0.3) is 0 Å². The van der Waals surface area contributed by atoms with Gasteiger partial charge < -0.3 is 0 Å². The van der Waals surface area contributed by atoms with Crippen molar-refractivity contribution in [2.24, 2.45) is 4.99 Å². The molecule has 0 spiro atoms. The molecule has 2 aromatic carbocycles. The van der Waals surface area contributed by atoms with Crippen LogP contribution >= 0.6 is 12.6 Å². The van der Waals surface area contributed by atoms with Crippen molar-refractivity contribution in [1.29, 1.82) is 0 Å². The monoisotopic (exact) mass is 359 g/mol. The third-order valence-electron chi connectivity index (χ3n) is 4.43. The molecule has 132 valence electrons. The fraction of sp³-hybridized carbons (Fsp3) is 0.286. The maximum Gasteiger partial charge on any atom is 0.132 e. The van der Waals surface area contributed by atoms with Crippen LogP contribution in [0.2, 0.25) is 0 Å². The molecule has 0 amide bonds. The van der Waals surface area contributed by atoms with E-state index in [0.29, 0.717) is 33.7 Å². The second-order valence-corrected chi connectivity index (χ2v) is 6.83. The molecule has 0 fully saturated rings. The molecule has 0 radical (unpaired) electrons. The van der Waals surface area contributed by atoms with Crippen molar-refractivity contribution in [3.05, 3.63) is 75.4 Å². The third kappa shape index (κ3) is 4.18. The van der Waals surface area contributed by atoms with Crippen LogP contribution < -0.4 is 0 Å². The number of hydrogen-bond donors (Lipinski definition) is 1. The van der Waals surface area contributed by atoms with Crippen molar-refractivity contribution >= 4 is 18.3 Å². The molecule has 0 N–H and O–H groups in total. The minimum absolute atomic E-state index is 0.295. The molecule has 0 saturated heterocycles. The van der Waals surface area contributed by atoms with Crippen LogP contribution in [0.4, 0.5) is 8.78 Å². The van der Waals surface area contributed by atoms with E-state index in [-0.39, 0.29) is 11.6 Å². The van der Waals surface area contributed by atoms with Crippen LogP contribution in [0.5, 0.6) is 0 Å². The van der Waals surface area contributed by atoms with Gasteiger partial charge >= 0.3 is 0 Å². The molecular formula is C21H23F2NS. The lowest BCUT2D eigenvalue weighted by Crippen LogP contribution is -2.08. The Bertz CT molecular complexity index is 862. The second kappa shape index (κ2) is 7.96. The maximum absolute atomic E-state index is 14.7. The van der Waals surface area contributed by atoms with Crippen molar-refractivity contribution in [2.45, 2.75) is 39.0 Å².